The SMILES string of the molecule is CC(C)c1cccc(NC(=O)c2ccccc2Sc2ccc3c(/C=C/c4ccccn4)n[nH]c3c2)c1. The first-order valence-corrected chi connectivity index (χ1v) is 12.6. The molecular weight excluding hydrogens is 464 g/mol. The van der Waals surface area contributed by atoms with Crippen molar-refractivity contribution in [2.24, 2.45) is 0 Å². The number of nitrogens with one attached hydrogen (secondary N) is 2. The van der Waals surface area contributed by atoms with E-state index in [-0.39, 0.29) is 5.91 Å². The number of hydrogen-bond acceptors (Lipinski definition) is 4. The maximum atomic E-state index is 13.2. The van der Waals surface area contributed by atoms with Gasteiger partial charge in [0.25, 0.3) is 5.91 Å². The minimum atomic E-state index is -0.122. The van der Waals surface area contributed by atoms with Crippen LogP contribution in [-0.2, 0) is 0 Å². The van der Waals surface area contributed by atoms with Gasteiger partial charge in [-0.1, -0.05) is 55.9 Å². The molecule has 178 valence electrons. The summed E-state index contributed by atoms with van der Waals surface area (Å²) in [5, 5.41) is 11.7. The standard InChI is InChI=1S/C30H26N4OS/c1-20(2)21-8-7-10-23(18-21)32-30(35)26-11-3-4-12-29(26)36-24-14-15-25-27(33-34-28(25)19-24)16-13-22-9-5-6-17-31-22/h3-20H,1-2H3,(H,32,35)(H,33,34)/b16-13+. The molecule has 5 rings (SSSR count). The molecule has 5 aromatic rings. The molecule has 36 heavy (non-hydrogen) atoms. The van der Waals surface area contributed by atoms with Crippen molar-refractivity contribution in [2.75, 3.05) is 5.32 Å². The van der Waals surface area contributed by atoms with Gasteiger partial charge in [0.1, 0.15) is 0 Å². The number of hydrogen-bond donors (Lipinski definition) is 2. The molecule has 3 aromatic carbocycles. The number of aromatic amines is 1. The molecular formula is C30H26N4OS. The molecule has 0 saturated heterocycles. The van der Waals surface area contributed by atoms with Gasteiger partial charge >= 0.3 is 0 Å². The fourth-order valence-electron chi connectivity index (χ4n) is 3.89. The molecule has 0 bridgehead atoms. The summed E-state index contributed by atoms with van der Waals surface area (Å²) in [5.74, 6) is 0.275. The van der Waals surface area contributed by atoms with Gasteiger partial charge in [0.15, 0.2) is 0 Å². The molecule has 2 aromatic heterocycles. The fourth-order valence-corrected chi connectivity index (χ4v) is 4.88. The van der Waals surface area contributed by atoms with Crippen LogP contribution in [0.1, 0.15) is 47.1 Å². The molecule has 5 nitrogen and oxygen atoms in total. The largest absolute Gasteiger partial charge is 0.322 e. The summed E-state index contributed by atoms with van der Waals surface area (Å²) in [6, 6.07) is 27.7. The first-order valence-electron chi connectivity index (χ1n) is 11.8. The number of carbonyl (C=O) groups excluding carboxylic acids is 1. The van der Waals surface area contributed by atoms with Gasteiger partial charge in [-0.2, -0.15) is 5.10 Å². The molecule has 0 aliphatic heterocycles. The third-order valence-corrected chi connectivity index (χ3v) is 6.90. The summed E-state index contributed by atoms with van der Waals surface area (Å²) in [4.78, 5) is 19.4. The number of amides is 1. The fraction of sp³-hybridized carbons (Fsp3) is 0.100. The number of rotatable bonds is 7. The van der Waals surface area contributed by atoms with E-state index < -0.39 is 0 Å². The Bertz CT molecular complexity index is 1540. The Morgan fingerprint density at radius 3 is 2.64 bits per heavy atom. The highest BCUT2D eigenvalue weighted by molar-refractivity contribution is 7.99. The topological polar surface area (TPSA) is 70.7 Å². The highest BCUT2D eigenvalue weighted by Gasteiger charge is 2.14. The Morgan fingerprint density at radius 1 is 0.944 bits per heavy atom. The molecule has 0 radical (unpaired) electrons. The molecule has 0 unspecified atom stereocenters. The van der Waals surface area contributed by atoms with E-state index in [0.717, 1.165) is 37.8 Å². The predicted molar refractivity (Wildman–Crippen MR) is 148 cm³/mol. The maximum Gasteiger partial charge on any atom is 0.256 e. The second-order valence-electron chi connectivity index (χ2n) is 8.74. The van der Waals surface area contributed by atoms with Crippen LogP contribution < -0.4 is 5.32 Å². The molecule has 0 spiro atoms. The number of benzene rings is 3. The second-order valence-corrected chi connectivity index (χ2v) is 9.85. The monoisotopic (exact) mass is 490 g/mol. The van der Waals surface area contributed by atoms with Gasteiger partial charge in [-0.05, 0) is 78.2 Å². The first kappa shape index (κ1) is 23.6. The van der Waals surface area contributed by atoms with Crippen molar-refractivity contribution in [3.8, 4) is 0 Å². The van der Waals surface area contributed by atoms with Crippen LogP contribution in [0.2, 0.25) is 0 Å². The van der Waals surface area contributed by atoms with Crippen molar-refractivity contribution >= 4 is 46.4 Å². The van der Waals surface area contributed by atoms with Crippen molar-refractivity contribution in [3.63, 3.8) is 0 Å². The molecule has 0 fully saturated rings. The number of anilines is 1. The van der Waals surface area contributed by atoms with Gasteiger partial charge in [0, 0.05) is 27.1 Å². The predicted octanol–water partition coefficient (Wildman–Crippen LogP) is 7.66. The van der Waals surface area contributed by atoms with Crippen molar-refractivity contribution in [1.29, 1.82) is 0 Å². The Kier molecular flexibility index (Phi) is 6.96. The smallest absolute Gasteiger partial charge is 0.256 e. The van der Waals surface area contributed by atoms with Crippen LogP contribution in [0.5, 0.6) is 0 Å². The Balaban J connectivity index is 1.35. The van der Waals surface area contributed by atoms with E-state index in [1.807, 2.05) is 72.8 Å². The molecule has 0 saturated carbocycles. The molecule has 0 aliphatic rings. The van der Waals surface area contributed by atoms with E-state index in [0.29, 0.717) is 11.5 Å². The van der Waals surface area contributed by atoms with E-state index >= 15 is 0 Å². The normalized spacial score (nSPS) is 11.4. The average molecular weight is 491 g/mol. The van der Waals surface area contributed by atoms with Crippen LogP contribution in [0.4, 0.5) is 5.69 Å². The van der Waals surface area contributed by atoms with Gasteiger partial charge in [-0.15, -0.1) is 0 Å². The van der Waals surface area contributed by atoms with Gasteiger partial charge < -0.3 is 5.32 Å². The van der Waals surface area contributed by atoms with Crippen LogP contribution in [0.3, 0.4) is 0 Å². The third kappa shape index (κ3) is 5.39. The quantitative estimate of drug-likeness (QED) is 0.246. The van der Waals surface area contributed by atoms with Gasteiger partial charge in [0.2, 0.25) is 0 Å². The second kappa shape index (κ2) is 10.6. The summed E-state index contributed by atoms with van der Waals surface area (Å²) < 4.78 is 0. The van der Waals surface area contributed by atoms with Crippen LogP contribution in [-0.4, -0.2) is 21.1 Å². The summed E-state index contributed by atoms with van der Waals surface area (Å²) in [6.07, 6.45) is 5.68. The lowest BCUT2D eigenvalue weighted by Crippen LogP contribution is -2.13. The van der Waals surface area contributed by atoms with Crippen LogP contribution in [0.15, 0.2) is 101 Å². The van der Waals surface area contributed by atoms with Crippen molar-refractivity contribution in [3.05, 3.63) is 114 Å². The molecule has 1 amide bonds. The highest BCUT2D eigenvalue weighted by Crippen LogP contribution is 2.33. The zero-order valence-electron chi connectivity index (χ0n) is 20.1. The average Bonchev–Trinajstić information content (AvgIpc) is 3.30. The Labute approximate surface area is 214 Å². The molecule has 2 N–H and O–H groups in total. The van der Waals surface area contributed by atoms with Crippen LogP contribution in [0, 0.1) is 0 Å². The number of fused-ring (bicyclic) bond motifs is 1. The van der Waals surface area contributed by atoms with Crippen molar-refractivity contribution in [1.82, 2.24) is 15.2 Å². The van der Waals surface area contributed by atoms with Crippen molar-refractivity contribution < 1.29 is 4.79 Å². The molecule has 6 heteroatoms. The summed E-state index contributed by atoms with van der Waals surface area (Å²) in [6.45, 7) is 4.28. The zero-order valence-corrected chi connectivity index (χ0v) is 20.9. The van der Waals surface area contributed by atoms with E-state index in [1.165, 1.54) is 5.56 Å². The lowest BCUT2D eigenvalue weighted by atomic mass is 10.0. The lowest BCUT2D eigenvalue weighted by molar-refractivity contribution is 0.102. The zero-order chi connectivity index (χ0) is 24.9. The van der Waals surface area contributed by atoms with Crippen molar-refractivity contribution in [2.45, 2.75) is 29.6 Å². The Hall–Kier alpha value is -4.16. The van der Waals surface area contributed by atoms with E-state index in [2.05, 4.69) is 58.6 Å². The number of carbonyl (C=O) groups is 1. The van der Waals surface area contributed by atoms with E-state index in [4.69, 9.17) is 0 Å². The van der Waals surface area contributed by atoms with Gasteiger partial charge in [-0.3, -0.25) is 14.9 Å². The van der Waals surface area contributed by atoms with E-state index in [9.17, 15) is 4.79 Å². The summed E-state index contributed by atoms with van der Waals surface area (Å²) in [7, 11) is 0. The molecule has 2 heterocycles. The van der Waals surface area contributed by atoms with Crippen LogP contribution in [0.25, 0.3) is 23.1 Å². The minimum Gasteiger partial charge on any atom is -0.322 e. The van der Waals surface area contributed by atoms with E-state index in [1.54, 1.807) is 18.0 Å². The maximum absolute atomic E-state index is 13.2. The van der Waals surface area contributed by atoms with Gasteiger partial charge in [0.05, 0.1) is 22.5 Å². The molecule has 0 aliphatic carbocycles. The lowest BCUT2D eigenvalue weighted by Gasteiger charge is -2.12. The number of H-pyrrole nitrogens is 1. The first-order chi connectivity index (χ1) is 17.6. The summed E-state index contributed by atoms with van der Waals surface area (Å²) in [5.41, 5.74) is 5.31. The Morgan fingerprint density at radius 2 is 1.81 bits per heavy atom. The van der Waals surface area contributed by atoms with Gasteiger partial charge in [-0.25, -0.2) is 0 Å². The van der Waals surface area contributed by atoms with Crippen LogP contribution >= 0.6 is 11.8 Å². The third-order valence-electron chi connectivity index (χ3n) is 5.83. The number of nitrogens with zero attached hydrogens (tertiary/aromatic N) is 2. The molecule has 0 atom stereocenters. The number of aromatic nitrogens is 3. The number of pyridine rings is 1. The highest BCUT2D eigenvalue weighted by atomic mass is 32.2. The minimum absolute atomic E-state index is 0.122. The summed E-state index contributed by atoms with van der Waals surface area (Å²) >= 11 is 1.56.